The van der Waals surface area contributed by atoms with Gasteiger partial charge in [0.15, 0.2) is 0 Å². The van der Waals surface area contributed by atoms with Gasteiger partial charge in [0.1, 0.15) is 11.2 Å². The highest BCUT2D eigenvalue weighted by atomic mass is 16.3. The van der Waals surface area contributed by atoms with Gasteiger partial charge in [0, 0.05) is 34.3 Å². The van der Waals surface area contributed by atoms with Gasteiger partial charge in [-0.25, -0.2) is 0 Å². The third-order valence-electron chi connectivity index (χ3n) is 9.24. The van der Waals surface area contributed by atoms with E-state index in [9.17, 15) is 10.5 Å². The lowest BCUT2D eigenvalue weighted by molar-refractivity contribution is 0.669. The van der Waals surface area contributed by atoms with Crippen molar-refractivity contribution >= 4 is 43.5 Å². The van der Waals surface area contributed by atoms with Crippen molar-refractivity contribution in [1.82, 2.24) is 9.97 Å². The lowest BCUT2D eigenvalue weighted by atomic mass is 9.85. The molecule has 3 aromatic heterocycles. The van der Waals surface area contributed by atoms with Crippen LogP contribution in [-0.4, -0.2) is 9.97 Å². The van der Waals surface area contributed by atoms with Crippen molar-refractivity contribution in [2.75, 3.05) is 0 Å². The van der Waals surface area contributed by atoms with E-state index in [-0.39, 0.29) is 0 Å². The number of para-hydroxylation sites is 1. The van der Waals surface area contributed by atoms with Gasteiger partial charge in [0.2, 0.25) is 0 Å². The van der Waals surface area contributed by atoms with E-state index in [1.165, 1.54) is 0 Å². The standard InChI is InChI=1S/C44H24N4O/c45-25-27-17-19-47-39(21-27)29-9-13-31(14-10-29)43-34-6-1-2-7-35(34)44(32-15-11-30(12-16-32)40-22-28(26-46)18-20-48-40)38-24-42-36(23-37(38)43)33-5-3-4-8-41(33)49-42/h1-24H. The van der Waals surface area contributed by atoms with Gasteiger partial charge in [-0.3, -0.25) is 9.97 Å². The Morgan fingerprint density at radius 3 is 1.41 bits per heavy atom. The average Bonchev–Trinajstić information content (AvgIpc) is 3.54. The maximum atomic E-state index is 9.42. The zero-order valence-corrected chi connectivity index (χ0v) is 26.1. The zero-order valence-electron chi connectivity index (χ0n) is 26.1. The number of furan rings is 1. The summed E-state index contributed by atoms with van der Waals surface area (Å²) in [5.74, 6) is 0. The first-order chi connectivity index (χ1) is 24.2. The molecule has 0 aliphatic heterocycles. The molecule has 0 radical (unpaired) electrons. The molecule has 0 amide bonds. The molecule has 0 bridgehead atoms. The Hall–Kier alpha value is -7.08. The van der Waals surface area contributed by atoms with Crippen LogP contribution in [0.3, 0.4) is 0 Å². The molecule has 226 valence electrons. The van der Waals surface area contributed by atoms with Crippen molar-refractivity contribution < 1.29 is 4.42 Å². The lowest BCUT2D eigenvalue weighted by Gasteiger charge is -2.18. The number of nitrogens with zero attached hydrogens (tertiary/aromatic N) is 4. The Morgan fingerprint density at radius 1 is 0.408 bits per heavy atom. The third kappa shape index (κ3) is 4.69. The molecule has 0 unspecified atom stereocenters. The van der Waals surface area contributed by atoms with E-state index in [2.05, 4.69) is 113 Å². The fourth-order valence-electron chi connectivity index (χ4n) is 6.95. The molecule has 5 nitrogen and oxygen atoms in total. The summed E-state index contributed by atoms with van der Waals surface area (Å²) in [4.78, 5) is 9.03. The molecule has 6 aromatic carbocycles. The van der Waals surface area contributed by atoms with E-state index < -0.39 is 0 Å². The van der Waals surface area contributed by atoms with Gasteiger partial charge >= 0.3 is 0 Å². The molecule has 0 atom stereocenters. The number of nitriles is 2. The van der Waals surface area contributed by atoms with Gasteiger partial charge in [-0.05, 0) is 86.3 Å². The van der Waals surface area contributed by atoms with Crippen molar-refractivity contribution in [3.8, 4) is 56.9 Å². The first-order valence-corrected chi connectivity index (χ1v) is 15.9. The predicted octanol–water partition coefficient (Wildman–Crippen LogP) is 11.1. The smallest absolute Gasteiger partial charge is 0.136 e. The van der Waals surface area contributed by atoms with Crippen molar-refractivity contribution in [1.29, 1.82) is 10.5 Å². The Kier molecular flexibility index (Phi) is 6.50. The number of aromatic nitrogens is 2. The minimum atomic E-state index is 0.580. The largest absolute Gasteiger partial charge is 0.456 e. The lowest BCUT2D eigenvalue weighted by Crippen LogP contribution is -1.92. The van der Waals surface area contributed by atoms with E-state index in [0.717, 1.165) is 88.3 Å². The molecular weight excluding hydrogens is 601 g/mol. The van der Waals surface area contributed by atoms with Crippen molar-refractivity contribution in [3.63, 3.8) is 0 Å². The highest BCUT2D eigenvalue weighted by molar-refractivity contribution is 6.25. The maximum absolute atomic E-state index is 9.42. The topological polar surface area (TPSA) is 86.5 Å². The van der Waals surface area contributed by atoms with Crippen LogP contribution in [0.5, 0.6) is 0 Å². The molecule has 0 saturated heterocycles. The molecule has 3 heterocycles. The van der Waals surface area contributed by atoms with Gasteiger partial charge in [0.05, 0.1) is 34.7 Å². The molecule has 5 heteroatoms. The summed E-state index contributed by atoms with van der Waals surface area (Å²) in [6.07, 6.45) is 3.35. The summed E-state index contributed by atoms with van der Waals surface area (Å²) in [5, 5.41) is 25.5. The van der Waals surface area contributed by atoms with E-state index >= 15 is 0 Å². The molecule has 0 spiro atoms. The van der Waals surface area contributed by atoms with Crippen LogP contribution in [0.25, 0.3) is 88.3 Å². The van der Waals surface area contributed by atoms with E-state index in [4.69, 9.17) is 4.42 Å². The van der Waals surface area contributed by atoms with Crippen LogP contribution in [0.2, 0.25) is 0 Å². The highest BCUT2D eigenvalue weighted by Gasteiger charge is 2.20. The van der Waals surface area contributed by atoms with Crippen LogP contribution in [-0.2, 0) is 0 Å². The van der Waals surface area contributed by atoms with Crippen LogP contribution in [0.15, 0.2) is 150 Å². The Labute approximate surface area is 281 Å². The van der Waals surface area contributed by atoms with E-state index in [1.807, 2.05) is 30.3 Å². The molecule has 0 fully saturated rings. The second-order valence-corrected chi connectivity index (χ2v) is 12.0. The molecule has 9 rings (SSSR count). The first kappa shape index (κ1) is 28.2. The maximum Gasteiger partial charge on any atom is 0.136 e. The number of pyridine rings is 2. The van der Waals surface area contributed by atoms with Crippen LogP contribution in [0, 0.1) is 22.7 Å². The summed E-state index contributed by atoms with van der Waals surface area (Å²) >= 11 is 0. The van der Waals surface area contributed by atoms with Crippen molar-refractivity contribution in [2.24, 2.45) is 0 Å². The number of hydrogen-bond acceptors (Lipinski definition) is 5. The monoisotopic (exact) mass is 624 g/mol. The highest BCUT2D eigenvalue weighted by Crippen LogP contribution is 2.46. The van der Waals surface area contributed by atoms with Crippen LogP contribution < -0.4 is 0 Å². The molecule has 0 aliphatic rings. The van der Waals surface area contributed by atoms with Crippen molar-refractivity contribution in [3.05, 3.63) is 157 Å². The fourth-order valence-corrected chi connectivity index (χ4v) is 6.95. The van der Waals surface area contributed by atoms with Gasteiger partial charge in [-0.2, -0.15) is 10.5 Å². The third-order valence-corrected chi connectivity index (χ3v) is 9.24. The van der Waals surface area contributed by atoms with Gasteiger partial charge in [-0.15, -0.1) is 0 Å². The second-order valence-electron chi connectivity index (χ2n) is 12.0. The molecule has 9 aromatic rings. The Balaban J connectivity index is 1.31. The molecule has 49 heavy (non-hydrogen) atoms. The molecule has 0 N–H and O–H groups in total. The van der Waals surface area contributed by atoms with Crippen LogP contribution >= 0.6 is 0 Å². The molecule has 0 saturated carbocycles. The summed E-state index contributed by atoms with van der Waals surface area (Å²) in [5.41, 5.74) is 10.7. The minimum absolute atomic E-state index is 0.580. The average molecular weight is 625 g/mol. The number of rotatable bonds is 4. The van der Waals surface area contributed by atoms with Gasteiger partial charge in [0.25, 0.3) is 0 Å². The molecule has 0 aliphatic carbocycles. The van der Waals surface area contributed by atoms with Gasteiger partial charge in [-0.1, -0.05) is 91.0 Å². The zero-order chi connectivity index (χ0) is 32.9. The van der Waals surface area contributed by atoms with Crippen molar-refractivity contribution in [2.45, 2.75) is 0 Å². The normalized spacial score (nSPS) is 11.2. The predicted molar refractivity (Wildman–Crippen MR) is 195 cm³/mol. The number of hydrogen-bond donors (Lipinski definition) is 0. The van der Waals surface area contributed by atoms with E-state index in [1.54, 1.807) is 24.5 Å². The Bertz CT molecular complexity index is 2840. The Morgan fingerprint density at radius 2 is 0.878 bits per heavy atom. The first-order valence-electron chi connectivity index (χ1n) is 15.9. The van der Waals surface area contributed by atoms with Gasteiger partial charge < -0.3 is 4.42 Å². The molecular formula is C44H24N4O. The van der Waals surface area contributed by atoms with Crippen LogP contribution in [0.1, 0.15) is 11.1 Å². The second kappa shape index (κ2) is 11.3. The SMILES string of the molecule is N#Cc1ccnc(-c2ccc(-c3c4ccccc4c(-c4ccc(-c5cc(C#N)ccn5)cc4)c4cc5c(cc34)oc3ccccc35)cc2)c1. The minimum Gasteiger partial charge on any atom is -0.456 e. The summed E-state index contributed by atoms with van der Waals surface area (Å²) in [6, 6.07) is 49.5. The quantitative estimate of drug-likeness (QED) is 0.182. The fraction of sp³-hybridized carbons (Fsp3) is 0. The summed E-state index contributed by atoms with van der Waals surface area (Å²) < 4.78 is 6.43. The summed E-state index contributed by atoms with van der Waals surface area (Å²) in [6.45, 7) is 0. The number of fused-ring (bicyclic) bond motifs is 5. The van der Waals surface area contributed by atoms with E-state index in [0.29, 0.717) is 11.1 Å². The number of benzene rings is 6. The van der Waals surface area contributed by atoms with Crippen LogP contribution in [0.4, 0.5) is 0 Å². The summed E-state index contributed by atoms with van der Waals surface area (Å²) in [7, 11) is 0.